The fraction of sp³-hybridized carbons (Fsp3) is 0.400. The smallest absolute Gasteiger partial charge is 0.119 e. The second-order valence-corrected chi connectivity index (χ2v) is 4.64. The van der Waals surface area contributed by atoms with Crippen LogP contribution in [0.15, 0.2) is 18.2 Å². The van der Waals surface area contributed by atoms with Gasteiger partial charge in [0.1, 0.15) is 5.75 Å². The van der Waals surface area contributed by atoms with Crippen LogP contribution in [0, 0.1) is 3.57 Å². The minimum absolute atomic E-state index is 0.439. The maximum atomic E-state index is 9.66. The Morgan fingerprint density at radius 1 is 1.46 bits per heavy atom. The zero-order valence-electron chi connectivity index (χ0n) is 7.26. The molecule has 0 spiro atoms. The molecule has 0 saturated carbocycles. The normalized spacial score (nSPS) is 22.1. The highest BCUT2D eigenvalue weighted by molar-refractivity contribution is 14.1. The van der Waals surface area contributed by atoms with E-state index < -0.39 is 0 Å². The number of rotatable bonds is 1. The molecule has 1 aromatic carbocycles. The number of phenolic OH excluding ortho intramolecular Hbond substituents is 1. The van der Waals surface area contributed by atoms with E-state index in [4.69, 9.17) is 0 Å². The van der Waals surface area contributed by atoms with Crippen LogP contribution in [0.3, 0.4) is 0 Å². The number of hydrogen-bond donors (Lipinski definition) is 2. The van der Waals surface area contributed by atoms with E-state index in [1.54, 1.807) is 6.07 Å². The SMILES string of the molecule is Oc1ccc(I)cc1C1CCNC1. The Hall–Kier alpha value is -0.290. The van der Waals surface area contributed by atoms with E-state index in [1.165, 1.54) is 3.57 Å². The van der Waals surface area contributed by atoms with Crippen molar-refractivity contribution in [3.8, 4) is 5.75 Å². The molecule has 1 aliphatic rings. The lowest BCUT2D eigenvalue weighted by Crippen LogP contribution is -2.08. The summed E-state index contributed by atoms with van der Waals surface area (Å²) in [6, 6.07) is 5.80. The fourth-order valence-corrected chi connectivity index (χ4v) is 2.29. The van der Waals surface area contributed by atoms with E-state index in [1.807, 2.05) is 6.07 Å². The molecule has 1 aromatic rings. The second-order valence-electron chi connectivity index (χ2n) is 3.39. The summed E-state index contributed by atoms with van der Waals surface area (Å²) in [5.41, 5.74) is 1.09. The zero-order chi connectivity index (χ0) is 9.26. The maximum Gasteiger partial charge on any atom is 0.119 e. The molecular weight excluding hydrogens is 277 g/mol. The van der Waals surface area contributed by atoms with Crippen LogP contribution in [0.5, 0.6) is 5.75 Å². The van der Waals surface area contributed by atoms with Crippen molar-refractivity contribution in [3.05, 3.63) is 27.3 Å². The van der Waals surface area contributed by atoms with Gasteiger partial charge in [0.2, 0.25) is 0 Å². The largest absolute Gasteiger partial charge is 0.508 e. The number of phenols is 1. The first-order valence-corrected chi connectivity index (χ1v) is 5.54. The van der Waals surface area contributed by atoms with Gasteiger partial charge in [-0.05, 0) is 59.3 Å². The lowest BCUT2D eigenvalue weighted by molar-refractivity contribution is 0.462. The minimum Gasteiger partial charge on any atom is -0.508 e. The van der Waals surface area contributed by atoms with E-state index in [-0.39, 0.29) is 0 Å². The molecule has 0 aromatic heterocycles. The standard InChI is InChI=1S/C10H12INO/c11-8-1-2-10(13)9(5-8)7-3-4-12-6-7/h1-2,5,7,12-13H,3-4,6H2. The molecule has 1 atom stereocenters. The first-order valence-electron chi connectivity index (χ1n) is 4.46. The van der Waals surface area contributed by atoms with Crippen LogP contribution in [-0.4, -0.2) is 18.2 Å². The van der Waals surface area contributed by atoms with Gasteiger partial charge in [0, 0.05) is 16.0 Å². The molecule has 1 fully saturated rings. The van der Waals surface area contributed by atoms with Gasteiger partial charge in [-0.1, -0.05) is 0 Å². The molecule has 70 valence electrons. The first kappa shape index (κ1) is 9.27. The van der Waals surface area contributed by atoms with Gasteiger partial charge in [-0.15, -0.1) is 0 Å². The van der Waals surface area contributed by atoms with E-state index >= 15 is 0 Å². The van der Waals surface area contributed by atoms with E-state index in [0.717, 1.165) is 25.1 Å². The molecule has 2 N–H and O–H groups in total. The Labute approximate surface area is 91.5 Å². The van der Waals surface area contributed by atoms with Gasteiger partial charge in [0.05, 0.1) is 0 Å². The molecular formula is C10H12INO. The van der Waals surface area contributed by atoms with E-state index in [0.29, 0.717) is 11.7 Å². The summed E-state index contributed by atoms with van der Waals surface area (Å²) in [4.78, 5) is 0. The molecule has 2 nitrogen and oxygen atoms in total. The molecule has 1 aliphatic heterocycles. The fourth-order valence-electron chi connectivity index (χ4n) is 1.77. The van der Waals surface area contributed by atoms with Crippen molar-refractivity contribution >= 4 is 22.6 Å². The molecule has 0 amide bonds. The molecule has 3 heteroatoms. The Kier molecular flexibility index (Phi) is 2.74. The topological polar surface area (TPSA) is 32.3 Å². The van der Waals surface area contributed by atoms with Crippen LogP contribution < -0.4 is 5.32 Å². The monoisotopic (exact) mass is 289 g/mol. The molecule has 2 rings (SSSR count). The van der Waals surface area contributed by atoms with Crippen LogP contribution in [0.4, 0.5) is 0 Å². The predicted molar refractivity (Wildman–Crippen MR) is 61.1 cm³/mol. The van der Waals surface area contributed by atoms with Crippen molar-refractivity contribution in [2.45, 2.75) is 12.3 Å². The average molecular weight is 289 g/mol. The summed E-state index contributed by atoms with van der Waals surface area (Å²) in [6.45, 7) is 2.06. The van der Waals surface area contributed by atoms with Gasteiger partial charge in [0.25, 0.3) is 0 Å². The highest BCUT2D eigenvalue weighted by Gasteiger charge is 2.19. The quantitative estimate of drug-likeness (QED) is 0.776. The molecule has 1 unspecified atom stereocenters. The summed E-state index contributed by atoms with van der Waals surface area (Å²) in [5.74, 6) is 0.934. The molecule has 13 heavy (non-hydrogen) atoms. The number of aromatic hydroxyl groups is 1. The Morgan fingerprint density at radius 3 is 3.00 bits per heavy atom. The third kappa shape index (κ3) is 1.96. The number of nitrogens with one attached hydrogen (secondary N) is 1. The molecule has 0 bridgehead atoms. The van der Waals surface area contributed by atoms with E-state index in [9.17, 15) is 5.11 Å². The molecule has 0 radical (unpaired) electrons. The number of hydrogen-bond acceptors (Lipinski definition) is 2. The van der Waals surface area contributed by atoms with Gasteiger partial charge in [-0.2, -0.15) is 0 Å². The minimum atomic E-state index is 0.439. The second kappa shape index (κ2) is 3.84. The van der Waals surface area contributed by atoms with Crippen LogP contribution in [-0.2, 0) is 0 Å². The third-order valence-electron chi connectivity index (χ3n) is 2.49. The number of halogens is 1. The summed E-state index contributed by atoms with van der Waals surface area (Å²) in [5, 5.41) is 13.0. The highest BCUT2D eigenvalue weighted by atomic mass is 127. The van der Waals surface area contributed by atoms with Crippen molar-refractivity contribution < 1.29 is 5.11 Å². The van der Waals surface area contributed by atoms with Crippen LogP contribution >= 0.6 is 22.6 Å². The Bertz CT molecular complexity index is 308. The van der Waals surface area contributed by atoms with Crippen LogP contribution in [0.25, 0.3) is 0 Å². The van der Waals surface area contributed by atoms with Gasteiger partial charge in [0.15, 0.2) is 0 Å². The van der Waals surface area contributed by atoms with Gasteiger partial charge < -0.3 is 10.4 Å². The van der Waals surface area contributed by atoms with Gasteiger partial charge in [-0.25, -0.2) is 0 Å². The maximum absolute atomic E-state index is 9.66. The lowest BCUT2D eigenvalue weighted by atomic mass is 9.98. The predicted octanol–water partition coefficient (Wildman–Crippen LogP) is 2.07. The first-order chi connectivity index (χ1) is 6.27. The summed E-state index contributed by atoms with van der Waals surface area (Å²) in [7, 11) is 0. The van der Waals surface area contributed by atoms with Crippen molar-refractivity contribution in [2.75, 3.05) is 13.1 Å². The van der Waals surface area contributed by atoms with Crippen molar-refractivity contribution in [2.24, 2.45) is 0 Å². The van der Waals surface area contributed by atoms with Crippen molar-refractivity contribution in [3.63, 3.8) is 0 Å². The number of benzene rings is 1. The third-order valence-corrected chi connectivity index (χ3v) is 3.16. The van der Waals surface area contributed by atoms with E-state index in [2.05, 4.69) is 34.0 Å². The van der Waals surface area contributed by atoms with Crippen LogP contribution in [0.2, 0.25) is 0 Å². The average Bonchev–Trinajstić information content (AvgIpc) is 2.61. The summed E-state index contributed by atoms with van der Waals surface area (Å²) in [6.07, 6.45) is 1.13. The summed E-state index contributed by atoms with van der Waals surface area (Å²) >= 11 is 2.28. The zero-order valence-corrected chi connectivity index (χ0v) is 9.41. The van der Waals surface area contributed by atoms with Crippen molar-refractivity contribution in [1.29, 1.82) is 0 Å². The lowest BCUT2D eigenvalue weighted by Gasteiger charge is -2.10. The van der Waals surface area contributed by atoms with Crippen molar-refractivity contribution in [1.82, 2.24) is 5.32 Å². The van der Waals surface area contributed by atoms with Crippen LogP contribution in [0.1, 0.15) is 17.9 Å². The molecule has 1 saturated heterocycles. The Morgan fingerprint density at radius 2 is 2.31 bits per heavy atom. The summed E-state index contributed by atoms with van der Waals surface area (Å²) < 4.78 is 1.19. The Balaban J connectivity index is 2.32. The van der Waals surface area contributed by atoms with Gasteiger partial charge >= 0.3 is 0 Å². The molecule has 0 aliphatic carbocycles. The molecule has 1 heterocycles. The van der Waals surface area contributed by atoms with Gasteiger partial charge in [-0.3, -0.25) is 0 Å². The highest BCUT2D eigenvalue weighted by Crippen LogP contribution is 2.30.